The van der Waals surface area contributed by atoms with Crippen molar-refractivity contribution in [2.75, 3.05) is 19.8 Å². The van der Waals surface area contributed by atoms with E-state index in [2.05, 4.69) is 20.4 Å². The average Bonchev–Trinajstić information content (AvgIpc) is 3.18. The van der Waals surface area contributed by atoms with E-state index in [1.165, 1.54) is 22.8 Å². The molecule has 3 N–H and O–H groups in total. The Kier molecular flexibility index (Phi) is 6.65. The number of aliphatic hydroxyl groups is 1. The van der Waals surface area contributed by atoms with Crippen molar-refractivity contribution in [3.8, 4) is 0 Å². The van der Waals surface area contributed by atoms with Gasteiger partial charge >= 0.3 is 0 Å². The lowest BCUT2D eigenvalue weighted by Gasteiger charge is -2.34. The normalized spacial score (nSPS) is 21.5. The van der Waals surface area contributed by atoms with Crippen LogP contribution in [0.4, 0.5) is 0 Å². The van der Waals surface area contributed by atoms with Crippen LogP contribution in [0.3, 0.4) is 0 Å². The number of aliphatic hydroxyl groups excluding tert-OH is 1. The van der Waals surface area contributed by atoms with Crippen LogP contribution in [0.1, 0.15) is 52.8 Å². The van der Waals surface area contributed by atoms with Gasteiger partial charge in [-0.15, -0.1) is 5.10 Å². The number of likely N-dealkylation sites (N-methyl/N-ethyl adjacent to an activating group) is 1. The van der Waals surface area contributed by atoms with Gasteiger partial charge in [0, 0.05) is 20.0 Å². The molecule has 2 amide bonds. The summed E-state index contributed by atoms with van der Waals surface area (Å²) in [6.07, 6.45) is 1.96. The van der Waals surface area contributed by atoms with Crippen molar-refractivity contribution >= 4 is 21.8 Å². The van der Waals surface area contributed by atoms with Gasteiger partial charge < -0.3 is 15.3 Å². The van der Waals surface area contributed by atoms with Gasteiger partial charge in [0.25, 0.3) is 0 Å². The number of aromatic nitrogens is 3. The maximum atomic E-state index is 13.5. The molecule has 0 aromatic carbocycles. The molecule has 1 fully saturated rings. The van der Waals surface area contributed by atoms with Crippen molar-refractivity contribution in [2.24, 2.45) is 5.41 Å². The summed E-state index contributed by atoms with van der Waals surface area (Å²) in [5.74, 6) is -0.705. The summed E-state index contributed by atoms with van der Waals surface area (Å²) in [7, 11) is -2.02. The summed E-state index contributed by atoms with van der Waals surface area (Å²) in [5.41, 5.74) is -1.29. The molecule has 11 nitrogen and oxygen atoms in total. The van der Waals surface area contributed by atoms with E-state index in [0.717, 1.165) is 6.26 Å². The second kappa shape index (κ2) is 8.23. The minimum absolute atomic E-state index is 0.0478. The lowest BCUT2D eigenvalue weighted by Crippen LogP contribution is -2.49. The molecule has 0 unspecified atom stereocenters. The predicted molar refractivity (Wildman–Crippen MR) is 110 cm³/mol. The highest BCUT2D eigenvalue weighted by Gasteiger charge is 2.45. The molecule has 0 radical (unpaired) electrons. The minimum atomic E-state index is -3.50. The molecule has 2 rings (SSSR count). The molecule has 1 saturated heterocycles. The lowest BCUT2D eigenvalue weighted by molar-refractivity contribution is -0.144. The van der Waals surface area contributed by atoms with Crippen molar-refractivity contribution in [3.05, 3.63) is 11.9 Å². The summed E-state index contributed by atoms with van der Waals surface area (Å²) in [5, 5.41) is 20.8. The molecule has 1 aromatic rings. The Hall–Kier alpha value is -2.05. The van der Waals surface area contributed by atoms with Gasteiger partial charge in [-0.1, -0.05) is 26.0 Å². The fourth-order valence-corrected chi connectivity index (χ4v) is 4.75. The third-order valence-corrected chi connectivity index (χ3v) is 5.90. The quantitative estimate of drug-likeness (QED) is 0.529. The third kappa shape index (κ3) is 5.35. The summed E-state index contributed by atoms with van der Waals surface area (Å²) in [6.45, 7) is 8.92. The fourth-order valence-electron chi connectivity index (χ4n) is 3.72. The van der Waals surface area contributed by atoms with Crippen molar-refractivity contribution in [2.45, 2.75) is 64.8 Å². The zero-order valence-corrected chi connectivity index (χ0v) is 19.3. The highest BCUT2D eigenvalue weighted by molar-refractivity contribution is 7.88. The summed E-state index contributed by atoms with van der Waals surface area (Å²) < 4.78 is 27.2. The first-order chi connectivity index (χ1) is 13.6. The van der Waals surface area contributed by atoms with Gasteiger partial charge in [0.1, 0.15) is 17.8 Å². The van der Waals surface area contributed by atoms with E-state index < -0.39 is 39.2 Å². The van der Waals surface area contributed by atoms with Gasteiger partial charge in [-0.2, -0.15) is 0 Å². The molecular formula is C18H32N6O5S. The summed E-state index contributed by atoms with van der Waals surface area (Å²) >= 11 is 0. The molecule has 0 aliphatic carbocycles. The van der Waals surface area contributed by atoms with Crippen LogP contribution >= 0.6 is 0 Å². The van der Waals surface area contributed by atoms with Crippen LogP contribution in [-0.2, 0) is 25.2 Å². The molecule has 1 aliphatic rings. The lowest BCUT2D eigenvalue weighted by atomic mass is 9.85. The van der Waals surface area contributed by atoms with E-state index in [1.54, 1.807) is 13.8 Å². The minimum Gasteiger partial charge on any atom is -0.391 e. The monoisotopic (exact) mass is 444 g/mol. The molecule has 170 valence electrons. The number of rotatable bonds is 6. The highest BCUT2D eigenvalue weighted by Crippen LogP contribution is 2.34. The Morgan fingerprint density at radius 3 is 2.37 bits per heavy atom. The summed E-state index contributed by atoms with van der Waals surface area (Å²) in [4.78, 5) is 27.1. The number of likely N-dealkylation sites (tertiary alicyclic amines) is 1. The number of sulfonamides is 1. The number of amides is 2. The number of hydrogen-bond donors (Lipinski definition) is 3. The number of carbonyl (C=O) groups is 2. The van der Waals surface area contributed by atoms with Crippen molar-refractivity contribution in [1.82, 2.24) is 29.9 Å². The number of nitrogens with zero attached hydrogens (tertiary/aromatic N) is 4. The van der Waals surface area contributed by atoms with Gasteiger partial charge in [-0.25, -0.2) is 17.8 Å². The number of hydrogen-bond acceptors (Lipinski definition) is 7. The van der Waals surface area contributed by atoms with Crippen LogP contribution in [0.2, 0.25) is 0 Å². The van der Waals surface area contributed by atoms with Crippen LogP contribution in [0, 0.1) is 5.41 Å². The molecule has 0 saturated carbocycles. The number of β-amino-alcohol motifs (C(OH)–C–C–N with tert-alkyl or cyclic N) is 1. The highest BCUT2D eigenvalue weighted by atomic mass is 32.2. The molecule has 30 heavy (non-hydrogen) atoms. The van der Waals surface area contributed by atoms with E-state index in [-0.39, 0.29) is 24.8 Å². The van der Waals surface area contributed by atoms with Gasteiger partial charge in [-0.05, 0) is 19.3 Å². The number of nitrogens with one attached hydrogen (secondary N) is 2. The van der Waals surface area contributed by atoms with E-state index in [4.69, 9.17) is 0 Å². The second-order valence-electron chi connectivity index (χ2n) is 9.36. The number of carbonyl (C=O) groups excluding carboxylic acids is 2. The molecule has 1 aromatic heterocycles. The van der Waals surface area contributed by atoms with Gasteiger partial charge in [-0.3, -0.25) is 9.59 Å². The second-order valence-corrected chi connectivity index (χ2v) is 11.1. The zero-order valence-electron chi connectivity index (χ0n) is 18.5. The first kappa shape index (κ1) is 24.2. The third-order valence-electron chi connectivity index (χ3n) is 5.02. The Bertz CT molecular complexity index is 904. The Morgan fingerprint density at radius 1 is 1.27 bits per heavy atom. The summed E-state index contributed by atoms with van der Waals surface area (Å²) in [6, 6.07) is -1.58. The van der Waals surface area contributed by atoms with Crippen LogP contribution < -0.4 is 10.0 Å². The van der Waals surface area contributed by atoms with E-state index >= 15 is 0 Å². The zero-order chi connectivity index (χ0) is 23.1. The van der Waals surface area contributed by atoms with Gasteiger partial charge in [0.15, 0.2) is 0 Å². The van der Waals surface area contributed by atoms with Crippen LogP contribution in [-0.4, -0.2) is 77.2 Å². The van der Waals surface area contributed by atoms with Gasteiger partial charge in [0.2, 0.25) is 21.8 Å². The maximum Gasteiger partial charge on any atom is 0.248 e. The van der Waals surface area contributed by atoms with E-state index in [9.17, 15) is 23.1 Å². The first-order valence-corrected chi connectivity index (χ1v) is 11.6. The van der Waals surface area contributed by atoms with E-state index in [0.29, 0.717) is 5.69 Å². The topological polar surface area (TPSA) is 147 Å². The predicted octanol–water partition coefficient (Wildman–Crippen LogP) is -0.643. The van der Waals surface area contributed by atoms with Crippen LogP contribution in [0.15, 0.2) is 6.20 Å². The molecule has 2 heterocycles. The maximum absolute atomic E-state index is 13.5. The SMILES string of the molecule is CNC(=O)[C@@H]1C[C@@H](O)CN1C(=O)[C@@H](n1cc(C(C)(C)NS(C)(=O)=O)nn1)C(C)(C)C. The molecule has 12 heteroatoms. The Labute approximate surface area is 177 Å². The van der Waals surface area contributed by atoms with Crippen molar-refractivity contribution < 1.29 is 23.1 Å². The molecule has 1 aliphatic heterocycles. The Morgan fingerprint density at radius 2 is 1.87 bits per heavy atom. The Balaban J connectivity index is 2.41. The standard InChI is InChI=1S/C18H32N6O5S/c1-17(2,3)14(16(27)23-9-11(25)8-12(23)15(26)19-6)24-10-13(20-22-24)18(4,5)21-30(7,28)29/h10-12,14,21,25H,8-9H2,1-7H3,(H,19,26)/t11-,12+,14-/m1/s1. The molecule has 0 spiro atoms. The largest absolute Gasteiger partial charge is 0.391 e. The first-order valence-electron chi connectivity index (χ1n) is 9.68. The van der Waals surface area contributed by atoms with E-state index in [1.807, 2.05) is 20.8 Å². The van der Waals surface area contributed by atoms with Crippen molar-refractivity contribution in [3.63, 3.8) is 0 Å². The smallest absolute Gasteiger partial charge is 0.248 e. The average molecular weight is 445 g/mol. The molecule has 3 atom stereocenters. The fraction of sp³-hybridized carbons (Fsp3) is 0.778. The van der Waals surface area contributed by atoms with Gasteiger partial charge in [0.05, 0.1) is 24.1 Å². The van der Waals surface area contributed by atoms with Crippen LogP contribution in [0.25, 0.3) is 0 Å². The van der Waals surface area contributed by atoms with Crippen LogP contribution in [0.5, 0.6) is 0 Å². The van der Waals surface area contributed by atoms with Crippen molar-refractivity contribution in [1.29, 1.82) is 0 Å². The molecule has 0 bridgehead atoms. The molecular weight excluding hydrogens is 412 g/mol.